The molecular weight excluding hydrogens is 223 g/mol. The second-order valence-electron chi connectivity index (χ2n) is 4.01. The number of nitrogens with zero attached hydrogens (tertiary/aromatic N) is 1. The van der Waals surface area contributed by atoms with Crippen molar-refractivity contribution in [3.8, 4) is 0 Å². The summed E-state index contributed by atoms with van der Waals surface area (Å²) in [7, 11) is 1.74. The van der Waals surface area contributed by atoms with Gasteiger partial charge in [-0.25, -0.2) is 4.39 Å². The maximum absolute atomic E-state index is 12.9. The van der Waals surface area contributed by atoms with Crippen LogP contribution in [0.15, 0.2) is 24.3 Å². The van der Waals surface area contributed by atoms with E-state index in [0.717, 1.165) is 0 Å². The van der Waals surface area contributed by atoms with Gasteiger partial charge in [0.05, 0.1) is 13.2 Å². The minimum atomic E-state index is -0.389. The normalized spacial score (nSPS) is 12.5. The van der Waals surface area contributed by atoms with Gasteiger partial charge in [-0.15, -0.1) is 0 Å². The van der Waals surface area contributed by atoms with Crippen LogP contribution in [0.3, 0.4) is 0 Å². The summed E-state index contributed by atoms with van der Waals surface area (Å²) in [5.41, 5.74) is 0.431. The topological polar surface area (TPSA) is 52.6 Å². The molecule has 0 radical (unpaired) electrons. The highest BCUT2D eigenvalue weighted by Gasteiger charge is 2.12. The molecule has 1 aromatic carbocycles. The van der Waals surface area contributed by atoms with Crippen LogP contribution in [0.4, 0.5) is 10.1 Å². The zero-order chi connectivity index (χ0) is 12.8. The maximum Gasteiger partial charge on any atom is 0.238 e. The van der Waals surface area contributed by atoms with Crippen molar-refractivity contribution in [3.63, 3.8) is 0 Å². The van der Waals surface area contributed by atoms with Gasteiger partial charge in [-0.1, -0.05) is 6.07 Å². The number of amides is 1. The zero-order valence-electron chi connectivity index (χ0n) is 9.98. The zero-order valence-corrected chi connectivity index (χ0v) is 9.98. The fourth-order valence-corrected chi connectivity index (χ4v) is 1.29. The van der Waals surface area contributed by atoms with Crippen LogP contribution in [0.25, 0.3) is 0 Å². The van der Waals surface area contributed by atoms with E-state index in [4.69, 9.17) is 5.11 Å². The van der Waals surface area contributed by atoms with Gasteiger partial charge in [-0.05, 0) is 32.2 Å². The predicted octanol–water partition coefficient (Wildman–Crippen LogP) is 1.08. The molecule has 94 valence electrons. The van der Waals surface area contributed by atoms with Crippen molar-refractivity contribution in [3.05, 3.63) is 30.1 Å². The molecule has 1 amide bonds. The van der Waals surface area contributed by atoms with Crippen LogP contribution in [0.1, 0.15) is 6.92 Å². The first kappa shape index (κ1) is 13.6. The molecule has 2 N–H and O–H groups in total. The van der Waals surface area contributed by atoms with E-state index in [1.54, 1.807) is 18.0 Å². The molecule has 4 nitrogen and oxygen atoms in total. The van der Waals surface area contributed by atoms with E-state index in [2.05, 4.69) is 5.32 Å². The fourth-order valence-electron chi connectivity index (χ4n) is 1.29. The highest BCUT2D eigenvalue weighted by molar-refractivity contribution is 5.92. The van der Waals surface area contributed by atoms with Gasteiger partial charge in [0.15, 0.2) is 0 Å². The lowest BCUT2D eigenvalue weighted by Gasteiger charge is -2.21. The molecule has 1 aromatic rings. The van der Waals surface area contributed by atoms with Gasteiger partial charge in [0.25, 0.3) is 0 Å². The number of benzene rings is 1. The van der Waals surface area contributed by atoms with Crippen LogP contribution < -0.4 is 5.32 Å². The first-order chi connectivity index (χ1) is 8.02. The van der Waals surface area contributed by atoms with Crippen molar-refractivity contribution in [2.75, 3.05) is 25.5 Å². The van der Waals surface area contributed by atoms with Crippen LogP contribution >= 0.6 is 0 Å². The van der Waals surface area contributed by atoms with E-state index < -0.39 is 0 Å². The Hall–Kier alpha value is -1.46. The number of aliphatic hydroxyl groups excluding tert-OH is 1. The standard InChI is InChI=1S/C12H17FN2O2/c1-9(8-16)15(2)7-12(17)14-11-5-3-4-10(13)6-11/h3-6,9,16H,7-8H2,1-2H3,(H,14,17). The molecule has 0 fully saturated rings. The van der Waals surface area contributed by atoms with Gasteiger partial charge in [-0.2, -0.15) is 0 Å². The first-order valence-electron chi connectivity index (χ1n) is 5.39. The van der Waals surface area contributed by atoms with Crippen LogP contribution in [-0.2, 0) is 4.79 Å². The molecule has 0 heterocycles. The van der Waals surface area contributed by atoms with E-state index in [1.807, 2.05) is 6.92 Å². The molecule has 0 bridgehead atoms. The summed E-state index contributed by atoms with van der Waals surface area (Å²) in [5, 5.41) is 11.5. The Morgan fingerprint density at radius 3 is 2.88 bits per heavy atom. The van der Waals surface area contributed by atoms with Gasteiger partial charge in [-0.3, -0.25) is 9.69 Å². The van der Waals surface area contributed by atoms with Crippen molar-refractivity contribution in [2.24, 2.45) is 0 Å². The highest BCUT2D eigenvalue weighted by Crippen LogP contribution is 2.09. The molecule has 0 saturated carbocycles. The Morgan fingerprint density at radius 2 is 2.29 bits per heavy atom. The number of carbonyl (C=O) groups is 1. The third-order valence-electron chi connectivity index (χ3n) is 2.52. The van der Waals surface area contributed by atoms with Gasteiger partial charge >= 0.3 is 0 Å². The van der Waals surface area contributed by atoms with E-state index in [9.17, 15) is 9.18 Å². The van der Waals surface area contributed by atoms with Crippen LogP contribution in [0.5, 0.6) is 0 Å². The summed E-state index contributed by atoms with van der Waals surface area (Å²) in [6.45, 7) is 1.96. The third kappa shape index (κ3) is 4.50. The number of anilines is 1. The molecule has 0 aliphatic rings. The minimum absolute atomic E-state index is 0.0102. The minimum Gasteiger partial charge on any atom is -0.395 e. The summed E-state index contributed by atoms with van der Waals surface area (Å²) in [6, 6.07) is 5.64. The number of carbonyl (C=O) groups excluding carboxylic acids is 1. The highest BCUT2D eigenvalue weighted by atomic mass is 19.1. The number of likely N-dealkylation sites (N-methyl/N-ethyl adjacent to an activating group) is 1. The van der Waals surface area contributed by atoms with Gasteiger partial charge in [0, 0.05) is 11.7 Å². The summed E-state index contributed by atoms with van der Waals surface area (Å²) < 4.78 is 12.9. The number of aliphatic hydroxyl groups is 1. The SMILES string of the molecule is CC(CO)N(C)CC(=O)Nc1cccc(F)c1. The summed E-state index contributed by atoms with van der Waals surface area (Å²) in [4.78, 5) is 13.3. The fraction of sp³-hybridized carbons (Fsp3) is 0.417. The van der Waals surface area contributed by atoms with Crippen molar-refractivity contribution in [1.29, 1.82) is 0 Å². The van der Waals surface area contributed by atoms with Gasteiger partial charge < -0.3 is 10.4 Å². The van der Waals surface area contributed by atoms with E-state index in [1.165, 1.54) is 18.2 Å². The largest absolute Gasteiger partial charge is 0.395 e. The van der Waals surface area contributed by atoms with Crippen molar-refractivity contribution in [2.45, 2.75) is 13.0 Å². The molecule has 1 rings (SSSR count). The van der Waals surface area contributed by atoms with Crippen molar-refractivity contribution >= 4 is 11.6 Å². The Labute approximate surface area is 100 Å². The third-order valence-corrected chi connectivity index (χ3v) is 2.52. The maximum atomic E-state index is 12.9. The molecule has 17 heavy (non-hydrogen) atoms. The van der Waals surface area contributed by atoms with E-state index in [0.29, 0.717) is 5.69 Å². The predicted molar refractivity (Wildman–Crippen MR) is 64.2 cm³/mol. The smallest absolute Gasteiger partial charge is 0.238 e. The van der Waals surface area contributed by atoms with Gasteiger partial charge in [0.1, 0.15) is 5.82 Å². The van der Waals surface area contributed by atoms with Crippen LogP contribution in [-0.4, -0.2) is 42.2 Å². The Balaban J connectivity index is 2.50. The molecule has 0 aliphatic heterocycles. The van der Waals surface area contributed by atoms with E-state index >= 15 is 0 Å². The second-order valence-corrected chi connectivity index (χ2v) is 4.01. The molecule has 0 saturated heterocycles. The number of nitrogens with one attached hydrogen (secondary N) is 1. The molecule has 0 aromatic heterocycles. The lowest BCUT2D eigenvalue weighted by Crippen LogP contribution is -2.38. The number of halogens is 1. The van der Waals surface area contributed by atoms with E-state index in [-0.39, 0.29) is 30.9 Å². The average Bonchev–Trinajstić information content (AvgIpc) is 2.27. The molecule has 0 spiro atoms. The van der Waals surface area contributed by atoms with Crippen molar-refractivity contribution < 1.29 is 14.3 Å². The second kappa shape index (κ2) is 6.32. The monoisotopic (exact) mass is 240 g/mol. The average molecular weight is 240 g/mol. The number of rotatable bonds is 5. The number of hydrogen-bond donors (Lipinski definition) is 2. The van der Waals surface area contributed by atoms with Crippen LogP contribution in [0, 0.1) is 5.82 Å². The summed E-state index contributed by atoms with van der Waals surface area (Å²) >= 11 is 0. The quantitative estimate of drug-likeness (QED) is 0.809. The Kier molecular flexibility index (Phi) is 5.06. The summed E-state index contributed by atoms with van der Waals surface area (Å²) in [5.74, 6) is -0.627. The lowest BCUT2D eigenvalue weighted by molar-refractivity contribution is -0.117. The van der Waals surface area contributed by atoms with Crippen molar-refractivity contribution in [1.82, 2.24) is 4.90 Å². The van der Waals surface area contributed by atoms with Gasteiger partial charge in [0.2, 0.25) is 5.91 Å². The molecule has 0 aliphatic carbocycles. The lowest BCUT2D eigenvalue weighted by atomic mass is 10.3. The van der Waals surface area contributed by atoms with Crippen LogP contribution in [0.2, 0.25) is 0 Å². The Morgan fingerprint density at radius 1 is 1.59 bits per heavy atom. The molecule has 1 unspecified atom stereocenters. The Bertz CT molecular complexity index is 385. The molecule has 1 atom stereocenters. The first-order valence-corrected chi connectivity index (χ1v) is 5.39. The molecule has 5 heteroatoms. The number of hydrogen-bond acceptors (Lipinski definition) is 3. The molecular formula is C12H17FN2O2. The summed E-state index contributed by atoms with van der Waals surface area (Å²) in [6.07, 6.45) is 0.